The molecule has 1 aliphatic rings. The maximum absolute atomic E-state index is 2.48. The summed E-state index contributed by atoms with van der Waals surface area (Å²) in [6.07, 6.45) is 1.14. The molecule has 0 bridgehead atoms. The van der Waals surface area contributed by atoms with E-state index < -0.39 is 0 Å². The number of nitrogens with zero attached hydrogens (tertiary/aromatic N) is 1. The van der Waals surface area contributed by atoms with E-state index in [1.54, 1.807) is 0 Å². The minimum absolute atomic E-state index is 0.0271. The number of benzene rings is 5. The summed E-state index contributed by atoms with van der Waals surface area (Å²) in [5.74, 6) is 0.554. The zero-order valence-corrected chi connectivity index (χ0v) is 31.1. The van der Waals surface area contributed by atoms with Gasteiger partial charge in [-0.2, -0.15) is 0 Å². The van der Waals surface area contributed by atoms with Crippen LogP contribution in [-0.2, 0) is 16.0 Å². The second-order valence-corrected chi connectivity index (χ2v) is 17.2. The lowest BCUT2D eigenvalue weighted by Crippen LogP contribution is -2.16. The van der Waals surface area contributed by atoms with Gasteiger partial charge in [-0.1, -0.05) is 122 Å². The van der Waals surface area contributed by atoms with Crippen molar-refractivity contribution in [3.8, 4) is 22.3 Å². The number of rotatable bonds is 7. The summed E-state index contributed by atoms with van der Waals surface area (Å²) < 4.78 is 0. The second kappa shape index (κ2) is 12.4. The molecule has 3 atom stereocenters. The largest absolute Gasteiger partial charge is 0.311 e. The van der Waals surface area contributed by atoms with E-state index in [2.05, 4.69) is 183 Å². The summed E-state index contributed by atoms with van der Waals surface area (Å²) in [6.45, 7) is 23.1. The molecule has 1 aliphatic carbocycles. The standard InChI is InChI=1S/C45H52NP/c1-11-30(2)31-12-20-36(21-13-31)46(38-24-17-34(18-25-38)43(3,4)5)37-22-14-32(15-23-37)33-16-26-39-40-27-19-35(44(6,7)8)29-42(40)45(9,47-10)41(39)28-33/h12-30,47H,11H2,1-10H3. The molecule has 0 spiro atoms. The molecule has 0 fully saturated rings. The van der Waals surface area contributed by atoms with Gasteiger partial charge in [0, 0.05) is 22.2 Å². The highest BCUT2D eigenvalue weighted by Gasteiger charge is 2.39. The van der Waals surface area contributed by atoms with Crippen LogP contribution in [0.2, 0.25) is 0 Å². The molecule has 0 saturated carbocycles. The quantitative estimate of drug-likeness (QED) is 0.161. The van der Waals surface area contributed by atoms with Crippen LogP contribution < -0.4 is 4.90 Å². The first-order valence-corrected chi connectivity index (χ1v) is 18.8. The Kier molecular flexibility index (Phi) is 8.78. The van der Waals surface area contributed by atoms with Crippen LogP contribution >= 0.6 is 8.58 Å². The average molecular weight is 638 g/mol. The highest BCUT2D eigenvalue weighted by molar-refractivity contribution is 7.39. The van der Waals surface area contributed by atoms with Crippen molar-refractivity contribution in [2.24, 2.45) is 0 Å². The van der Waals surface area contributed by atoms with Gasteiger partial charge in [-0.25, -0.2) is 0 Å². The molecular weight excluding hydrogens is 585 g/mol. The first kappa shape index (κ1) is 33.2. The lowest BCUT2D eigenvalue weighted by atomic mass is 9.84. The topological polar surface area (TPSA) is 3.24 Å². The predicted molar refractivity (Wildman–Crippen MR) is 209 cm³/mol. The smallest absolute Gasteiger partial charge is 0.0462 e. The second-order valence-electron chi connectivity index (χ2n) is 15.7. The summed E-state index contributed by atoms with van der Waals surface area (Å²) >= 11 is 0. The summed E-state index contributed by atoms with van der Waals surface area (Å²) in [5.41, 5.74) is 16.2. The Hall–Kier alpha value is -3.67. The maximum Gasteiger partial charge on any atom is 0.0462 e. The molecule has 242 valence electrons. The van der Waals surface area contributed by atoms with Crippen LogP contribution in [-0.4, -0.2) is 6.66 Å². The minimum atomic E-state index is 0.0271. The molecule has 2 heteroatoms. The lowest BCUT2D eigenvalue weighted by molar-refractivity contribution is 0.588. The maximum atomic E-state index is 2.48. The van der Waals surface area contributed by atoms with Gasteiger partial charge in [-0.3, -0.25) is 0 Å². The number of anilines is 3. The molecule has 0 N–H and O–H groups in total. The van der Waals surface area contributed by atoms with Gasteiger partial charge < -0.3 is 4.90 Å². The van der Waals surface area contributed by atoms with E-state index >= 15 is 0 Å². The van der Waals surface area contributed by atoms with Crippen LogP contribution in [0, 0.1) is 0 Å². The number of hydrogen-bond donors (Lipinski definition) is 0. The first-order valence-electron chi connectivity index (χ1n) is 17.3. The first-order chi connectivity index (χ1) is 22.2. The molecular formula is C45H52NP. The van der Waals surface area contributed by atoms with E-state index in [1.807, 2.05) is 0 Å². The molecule has 47 heavy (non-hydrogen) atoms. The fourth-order valence-electron chi connectivity index (χ4n) is 6.99. The molecule has 1 nitrogen and oxygen atoms in total. The highest BCUT2D eigenvalue weighted by Crippen LogP contribution is 2.57. The number of hydrogen-bond acceptors (Lipinski definition) is 1. The van der Waals surface area contributed by atoms with E-state index in [1.165, 1.54) is 61.4 Å². The van der Waals surface area contributed by atoms with E-state index in [9.17, 15) is 0 Å². The van der Waals surface area contributed by atoms with Crippen LogP contribution in [0.15, 0.2) is 109 Å². The van der Waals surface area contributed by atoms with Gasteiger partial charge in [0.15, 0.2) is 0 Å². The van der Waals surface area contributed by atoms with Gasteiger partial charge in [0.1, 0.15) is 0 Å². The van der Waals surface area contributed by atoms with Crippen molar-refractivity contribution in [3.63, 3.8) is 0 Å². The Morgan fingerprint density at radius 1 is 0.596 bits per heavy atom. The summed E-state index contributed by atoms with van der Waals surface area (Å²) in [6, 6.07) is 41.8. The minimum Gasteiger partial charge on any atom is -0.311 e. The molecule has 3 unspecified atom stereocenters. The van der Waals surface area contributed by atoms with Gasteiger partial charge in [-0.15, -0.1) is 8.58 Å². The van der Waals surface area contributed by atoms with E-state index in [-0.39, 0.29) is 16.0 Å². The van der Waals surface area contributed by atoms with Crippen molar-refractivity contribution in [1.29, 1.82) is 0 Å². The Morgan fingerprint density at radius 3 is 1.55 bits per heavy atom. The van der Waals surface area contributed by atoms with Crippen LogP contribution in [0.5, 0.6) is 0 Å². The predicted octanol–water partition coefficient (Wildman–Crippen LogP) is 13.5. The molecule has 0 saturated heterocycles. The molecule has 0 amide bonds. The fourth-order valence-corrected chi connectivity index (χ4v) is 7.95. The average Bonchev–Trinajstić information content (AvgIpc) is 3.32. The molecule has 5 aromatic carbocycles. The van der Waals surface area contributed by atoms with E-state index in [4.69, 9.17) is 0 Å². The molecule has 0 aliphatic heterocycles. The van der Waals surface area contributed by atoms with Crippen LogP contribution in [0.3, 0.4) is 0 Å². The van der Waals surface area contributed by atoms with E-state index in [0.29, 0.717) is 5.92 Å². The normalized spacial score (nSPS) is 16.7. The van der Waals surface area contributed by atoms with Crippen molar-refractivity contribution in [2.75, 3.05) is 11.6 Å². The zero-order chi connectivity index (χ0) is 33.7. The third-order valence-corrected chi connectivity index (χ3v) is 12.1. The Labute approximate surface area is 286 Å². The van der Waals surface area contributed by atoms with Crippen molar-refractivity contribution in [1.82, 2.24) is 0 Å². The molecule has 0 aromatic heterocycles. The number of fused-ring (bicyclic) bond motifs is 3. The highest BCUT2D eigenvalue weighted by atomic mass is 31.1. The molecule has 0 radical (unpaired) electrons. The monoisotopic (exact) mass is 637 g/mol. The Balaban J connectivity index is 1.37. The fraction of sp³-hybridized carbons (Fsp3) is 0.333. The molecule has 5 aromatic rings. The molecule has 6 rings (SSSR count). The van der Waals surface area contributed by atoms with E-state index in [0.717, 1.165) is 20.7 Å². The Morgan fingerprint density at radius 2 is 1.04 bits per heavy atom. The summed E-state index contributed by atoms with van der Waals surface area (Å²) in [4.78, 5) is 2.39. The van der Waals surface area contributed by atoms with Gasteiger partial charge in [0.2, 0.25) is 0 Å². The van der Waals surface area contributed by atoms with Gasteiger partial charge in [0.25, 0.3) is 0 Å². The SMILES string of the molecule is CCC(C)c1ccc(N(c2ccc(-c3ccc4c(c3)C(C)(PC)c3cc(C(C)(C)C)ccc3-4)cc2)c2ccc(C(C)(C)C)cc2)cc1. The third-order valence-electron chi connectivity index (χ3n) is 10.6. The zero-order valence-electron chi connectivity index (χ0n) is 30.1. The summed E-state index contributed by atoms with van der Waals surface area (Å²) in [5, 5.41) is 0.0271. The van der Waals surface area contributed by atoms with Crippen LogP contribution in [0.1, 0.15) is 102 Å². The van der Waals surface area contributed by atoms with Gasteiger partial charge in [0.05, 0.1) is 0 Å². The third kappa shape index (κ3) is 6.21. The van der Waals surface area contributed by atoms with Gasteiger partial charge >= 0.3 is 0 Å². The Bertz CT molecular complexity index is 1870. The van der Waals surface area contributed by atoms with Crippen LogP contribution in [0.4, 0.5) is 17.1 Å². The van der Waals surface area contributed by atoms with Crippen molar-refractivity contribution < 1.29 is 0 Å². The van der Waals surface area contributed by atoms with Gasteiger partial charge in [-0.05, 0) is 129 Å². The molecule has 0 heterocycles. The van der Waals surface area contributed by atoms with Crippen molar-refractivity contribution in [2.45, 2.75) is 90.6 Å². The summed E-state index contributed by atoms with van der Waals surface area (Å²) in [7, 11) is 0.780. The van der Waals surface area contributed by atoms with Crippen LogP contribution in [0.25, 0.3) is 22.3 Å². The van der Waals surface area contributed by atoms with Crippen molar-refractivity contribution in [3.05, 3.63) is 137 Å². The lowest BCUT2D eigenvalue weighted by Gasteiger charge is -2.28. The van der Waals surface area contributed by atoms with Crippen molar-refractivity contribution >= 4 is 25.6 Å².